The van der Waals surface area contributed by atoms with Gasteiger partial charge in [0.25, 0.3) is 5.91 Å². The van der Waals surface area contributed by atoms with Crippen molar-refractivity contribution in [3.63, 3.8) is 0 Å². The summed E-state index contributed by atoms with van der Waals surface area (Å²) in [5, 5.41) is 3.33. The van der Waals surface area contributed by atoms with Crippen molar-refractivity contribution in [1.82, 2.24) is 14.9 Å². The summed E-state index contributed by atoms with van der Waals surface area (Å²) in [5.41, 5.74) is 6.83. The Bertz CT molecular complexity index is 1260. The van der Waals surface area contributed by atoms with E-state index in [-0.39, 0.29) is 11.9 Å². The molecule has 174 valence electrons. The van der Waals surface area contributed by atoms with Crippen LogP contribution in [0.1, 0.15) is 59.9 Å². The second-order valence-corrected chi connectivity index (χ2v) is 8.77. The van der Waals surface area contributed by atoms with Gasteiger partial charge in [0.1, 0.15) is 17.2 Å². The van der Waals surface area contributed by atoms with Crippen LogP contribution in [-0.4, -0.2) is 15.5 Å². The lowest BCUT2D eigenvalue weighted by Crippen LogP contribution is -2.30. The van der Waals surface area contributed by atoms with Gasteiger partial charge in [-0.15, -0.1) is 0 Å². The van der Waals surface area contributed by atoms with E-state index in [0.717, 1.165) is 41.1 Å². The Labute approximate surface area is 202 Å². The molecule has 3 aromatic carbocycles. The number of benzene rings is 3. The third-order valence-electron chi connectivity index (χ3n) is 6.40. The van der Waals surface area contributed by atoms with Gasteiger partial charge in [-0.3, -0.25) is 4.79 Å². The minimum atomic E-state index is -0.0907. The largest absolute Gasteiger partial charge is 0.344 e. The molecule has 0 aliphatic rings. The first kappa shape index (κ1) is 23.5. The van der Waals surface area contributed by atoms with Crippen LogP contribution in [0.2, 0.25) is 0 Å². The summed E-state index contributed by atoms with van der Waals surface area (Å²) in [6, 6.07) is 26.6. The zero-order valence-corrected chi connectivity index (χ0v) is 20.5. The Hall–Kier alpha value is -3.66. The fourth-order valence-corrected chi connectivity index (χ4v) is 4.41. The lowest BCUT2D eigenvalue weighted by atomic mass is 10.0. The van der Waals surface area contributed by atoms with Crippen LogP contribution < -0.4 is 5.32 Å². The van der Waals surface area contributed by atoms with Gasteiger partial charge in [-0.2, -0.15) is 0 Å². The smallest absolute Gasteiger partial charge is 0.270 e. The number of carbonyl (C=O) groups is 1. The number of nitrogens with zero attached hydrogens (tertiary/aromatic N) is 2. The maximum Gasteiger partial charge on any atom is 0.270 e. The van der Waals surface area contributed by atoms with Crippen molar-refractivity contribution in [1.29, 1.82) is 0 Å². The molecule has 0 fully saturated rings. The van der Waals surface area contributed by atoms with Gasteiger partial charge in [-0.05, 0) is 49.9 Å². The van der Waals surface area contributed by atoms with E-state index < -0.39 is 0 Å². The lowest BCUT2D eigenvalue weighted by molar-refractivity contribution is 0.0926. The molecule has 0 radical (unpaired) electrons. The average Bonchev–Trinajstić information content (AvgIpc) is 3.26. The van der Waals surface area contributed by atoms with Gasteiger partial charge < -0.3 is 9.88 Å². The zero-order valence-electron chi connectivity index (χ0n) is 20.5. The van der Waals surface area contributed by atoms with Crippen molar-refractivity contribution in [3.05, 3.63) is 101 Å². The van der Waals surface area contributed by atoms with Crippen LogP contribution in [0.4, 0.5) is 0 Å². The van der Waals surface area contributed by atoms with Gasteiger partial charge in [-0.1, -0.05) is 86.1 Å². The molecule has 4 rings (SSSR count). The van der Waals surface area contributed by atoms with Gasteiger partial charge >= 0.3 is 0 Å². The number of hydrogen-bond acceptors (Lipinski definition) is 2. The Morgan fingerprint density at radius 1 is 0.882 bits per heavy atom. The minimum Gasteiger partial charge on any atom is -0.344 e. The minimum absolute atomic E-state index is 0.0494. The Morgan fingerprint density at radius 2 is 1.56 bits per heavy atom. The molecule has 1 unspecified atom stereocenters. The molecule has 1 N–H and O–H groups in total. The fraction of sp³-hybridized carbons (Fsp3) is 0.267. The van der Waals surface area contributed by atoms with Crippen molar-refractivity contribution >= 4 is 5.91 Å². The molecule has 4 heteroatoms. The molecule has 1 heterocycles. The first-order valence-corrected chi connectivity index (χ1v) is 12.1. The van der Waals surface area contributed by atoms with E-state index in [0.29, 0.717) is 12.2 Å². The highest BCUT2D eigenvalue weighted by molar-refractivity contribution is 6.00. The van der Waals surface area contributed by atoms with Crippen LogP contribution >= 0.6 is 0 Å². The zero-order chi connectivity index (χ0) is 24.1. The number of nitrogens with one attached hydrogen (secondary N) is 1. The van der Waals surface area contributed by atoms with Crippen LogP contribution in [0.5, 0.6) is 0 Å². The molecular weight excluding hydrogens is 418 g/mol. The monoisotopic (exact) mass is 451 g/mol. The summed E-state index contributed by atoms with van der Waals surface area (Å²) in [6.45, 7) is 9.05. The second-order valence-electron chi connectivity index (χ2n) is 8.77. The summed E-state index contributed by atoms with van der Waals surface area (Å²) in [5.74, 6) is 0.722. The van der Waals surface area contributed by atoms with E-state index >= 15 is 0 Å². The van der Waals surface area contributed by atoms with Gasteiger partial charge in [-0.25, -0.2) is 4.98 Å². The van der Waals surface area contributed by atoms with Crippen LogP contribution in [-0.2, 0) is 6.54 Å². The van der Waals surface area contributed by atoms with Crippen molar-refractivity contribution in [2.45, 2.75) is 53.1 Å². The predicted molar refractivity (Wildman–Crippen MR) is 140 cm³/mol. The lowest BCUT2D eigenvalue weighted by Gasteiger charge is -2.20. The van der Waals surface area contributed by atoms with Gasteiger partial charge in [0.15, 0.2) is 0 Å². The van der Waals surface area contributed by atoms with E-state index in [1.807, 2.05) is 53.1 Å². The van der Waals surface area contributed by atoms with Crippen LogP contribution in [0.15, 0.2) is 78.9 Å². The molecule has 34 heavy (non-hydrogen) atoms. The van der Waals surface area contributed by atoms with E-state index in [9.17, 15) is 4.79 Å². The van der Waals surface area contributed by atoms with E-state index in [1.54, 1.807) is 0 Å². The molecule has 0 aliphatic carbocycles. The SMILES string of the molecule is CCCC(NC(=O)c1c(-c2ccc(C)c(C)c2)nc(-c2ccccc2)n1CC)c1ccccc1. The Balaban J connectivity index is 1.84. The molecule has 0 aliphatic heterocycles. The van der Waals surface area contributed by atoms with Crippen molar-refractivity contribution < 1.29 is 4.79 Å². The molecule has 1 aromatic heterocycles. The number of amides is 1. The quantitative estimate of drug-likeness (QED) is 0.310. The topological polar surface area (TPSA) is 46.9 Å². The standard InChI is InChI=1S/C30H33N3O/c1-5-13-26(23-14-9-7-10-15-23)31-30(34)28-27(25-19-18-21(3)22(4)20-25)32-29(33(28)6-2)24-16-11-8-12-17-24/h7-12,14-20,26H,5-6,13H2,1-4H3,(H,31,34). The molecule has 0 saturated heterocycles. The van der Waals surface area contributed by atoms with Gasteiger partial charge in [0, 0.05) is 17.7 Å². The third-order valence-corrected chi connectivity index (χ3v) is 6.40. The second kappa shape index (κ2) is 10.5. The fourth-order valence-electron chi connectivity index (χ4n) is 4.41. The van der Waals surface area contributed by atoms with Crippen LogP contribution in [0, 0.1) is 13.8 Å². The first-order chi connectivity index (χ1) is 16.5. The number of carbonyl (C=O) groups excluding carboxylic acids is 1. The number of aromatic nitrogens is 2. The molecule has 4 nitrogen and oxygen atoms in total. The summed E-state index contributed by atoms with van der Waals surface area (Å²) in [7, 11) is 0. The molecule has 0 saturated carbocycles. The number of imidazole rings is 1. The maximum absolute atomic E-state index is 13.9. The summed E-state index contributed by atoms with van der Waals surface area (Å²) in [4.78, 5) is 18.9. The normalized spacial score (nSPS) is 11.9. The van der Waals surface area contributed by atoms with Crippen molar-refractivity contribution in [2.75, 3.05) is 0 Å². The van der Waals surface area contributed by atoms with Crippen LogP contribution in [0.25, 0.3) is 22.6 Å². The van der Waals surface area contributed by atoms with Crippen molar-refractivity contribution in [2.24, 2.45) is 0 Å². The molecule has 1 atom stereocenters. The van der Waals surface area contributed by atoms with Gasteiger partial charge in [0.2, 0.25) is 0 Å². The summed E-state index contributed by atoms with van der Waals surface area (Å²) >= 11 is 0. The first-order valence-electron chi connectivity index (χ1n) is 12.1. The Kier molecular flexibility index (Phi) is 7.27. The summed E-state index contributed by atoms with van der Waals surface area (Å²) in [6.07, 6.45) is 1.85. The number of hydrogen-bond donors (Lipinski definition) is 1. The van der Waals surface area contributed by atoms with E-state index in [2.05, 4.69) is 63.3 Å². The van der Waals surface area contributed by atoms with Crippen molar-refractivity contribution in [3.8, 4) is 22.6 Å². The average molecular weight is 452 g/mol. The predicted octanol–water partition coefficient (Wildman–Crippen LogP) is 7.13. The highest BCUT2D eigenvalue weighted by atomic mass is 16.2. The molecule has 1 amide bonds. The van der Waals surface area contributed by atoms with Crippen LogP contribution in [0.3, 0.4) is 0 Å². The number of rotatable bonds is 8. The molecule has 0 bridgehead atoms. The third kappa shape index (κ3) is 4.81. The highest BCUT2D eigenvalue weighted by Crippen LogP contribution is 2.31. The van der Waals surface area contributed by atoms with Gasteiger partial charge in [0.05, 0.1) is 6.04 Å². The summed E-state index contributed by atoms with van der Waals surface area (Å²) < 4.78 is 2.04. The molecule has 4 aromatic rings. The number of aryl methyl sites for hydroxylation is 2. The maximum atomic E-state index is 13.9. The highest BCUT2D eigenvalue weighted by Gasteiger charge is 2.26. The molecule has 0 spiro atoms. The van der Waals surface area contributed by atoms with E-state index in [4.69, 9.17) is 4.98 Å². The molecular formula is C30H33N3O. The Morgan fingerprint density at radius 3 is 2.18 bits per heavy atom. The van der Waals surface area contributed by atoms with E-state index in [1.165, 1.54) is 11.1 Å².